The van der Waals surface area contributed by atoms with E-state index >= 15 is 0 Å². The summed E-state index contributed by atoms with van der Waals surface area (Å²) in [4.78, 5) is 22.5. The number of carbonyl (C=O) groups excluding carboxylic acids is 1. The van der Waals surface area contributed by atoms with E-state index in [1.165, 1.54) is 0 Å². The van der Waals surface area contributed by atoms with Crippen LogP contribution in [0.15, 0.2) is 12.4 Å². The highest BCUT2D eigenvalue weighted by atomic mass is 35.5. The second kappa shape index (κ2) is 7.33. The van der Waals surface area contributed by atoms with E-state index in [0.717, 1.165) is 24.8 Å². The monoisotopic (exact) mass is 380 g/mol. The van der Waals surface area contributed by atoms with Crippen LogP contribution in [0, 0.1) is 0 Å². The van der Waals surface area contributed by atoms with Crippen LogP contribution in [0.5, 0.6) is 0 Å². The molecule has 0 bridgehead atoms. The van der Waals surface area contributed by atoms with Gasteiger partial charge in [0.25, 0.3) is 0 Å². The fourth-order valence-electron chi connectivity index (χ4n) is 3.17. The van der Waals surface area contributed by atoms with Gasteiger partial charge in [-0.3, -0.25) is 4.79 Å². The summed E-state index contributed by atoms with van der Waals surface area (Å²) < 4.78 is 12.1. The van der Waals surface area contributed by atoms with Crippen molar-refractivity contribution in [2.75, 3.05) is 23.9 Å². The van der Waals surface area contributed by atoms with Crippen molar-refractivity contribution in [3.05, 3.63) is 12.4 Å². The molecule has 26 heavy (non-hydrogen) atoms. The average molecular weight is 381 g/mol. The zero-order valence-corrected chi connectivity index (χ0v) is 16.5. The second-order valence-corrected chi connectivity index (χ2v) is 8.10. The predicted octanol–water partition coefficient (Wildman–Crippen LogP) is 1.10. The lowest BCUT2D eigenvalue weighted by Gasteiger charge is -2.32. The largest absolute Gasteiger partial charge is 0.498 e. The van der Waals surface area contributed by atoms with Gasteiger partial charge in [0, 0.05) is 37.0 Å². The van der Waals surface area contributed by atoms with Gasteiger partial charge in [0.05, 0.1) is 11.2 Å². The van der Waals surface area contributed by atoms with E-state index < -0.39 is 18.3 Å². The van der Waals surface area contributed by atoms with Crippen molar-refractivity contribution in [2.45, 2.75) is 57.8 Å². The van der Waals surface area contributed by atoms with E-state index in [1.54, 1.807) is 12.4 Å². The van der Waals surface area contributed by atoms with Crippen LogP contribution >= 0.6 is 11.6 Å². The van der Waals surface area contributed by atoms with Gasteiger partial charge in [-0.05, 0) is 40.5 Å². The molecule has 0 aliphatic carbocycles. The van der Waals surface area contributed by atoms with Gasteiger partial charge in [-0.25, -0.2) is 9.97 Å². The van der Waals surface area contributed by atoms with Crippen LogP contribution < -0.4 is 15.7 Å². The van der Waals surface area contributed by atoms with E-state index in [1.807, 2.05) is 27.7 Å². The quantitative estimate of drug-likeness (QED) is 0.609. The van der Waals surface area contributed by atoms with Crippen molar-refractivity contribution in [3.8, 4) is 0 Å². The highest BCUT2D eigenvalue weighted by Gasteiger charge is 2.52. The minimum absolute atomic E-state index is 0.0218. The minimum Gasteiger partial charge on any atom is -0.399 e. The van der Waals surface area contributed by atoms with Crippen molar-refractivity contribution in [3.63, 3.8) is 0 Å². The van der Waals surface area contributed by atoms with Crippen molar-refractivity contribution < 1.29 is 14.1 Å². The third-order valence-electron chi connectivity index (χ3n) is 5.47. The highest BCUT2D eigenvalue weighted by Crippen LogP contribution is 2.36. The maximum Gasteiger partial charge on any atom is 0.498 e. The Morgan fingerprint density at radius 1 is 1.31 bits per heavy atom. The lowest BCUT2D eigenvalue weighted by molar-refractivity contribution is -0.118. The maximum absolute atomic E-state index is 11.4. The normalized spacial score (nSPS) is 24.1. The van der Waals surface area contributed by atoms with E-state index in [2.05, 4.69) is 20.2 Å². The van der Waals surface area contributed by atoms with Crippen molar-refractivity contribution in [1.82, 2.24) is 15.3 Å². The third kappa shape index (κ3) is 3.82. The van der Waals surface area contributed by atoms with Crippen LogP contribution in [0.4, 0.5) is 5.95 Å². The summed E-state index contributed by atoms with van der Waals surface area (Å²) >= 11 is 5.54. The summed E-state index contributed by atoms with van der Waals surface area (Å²) in [7, 11) is -0.466. The molecule has 2 aliphatic heterocycles. The van der Waals surface area contributed by atoms with Crippen molar-refractivity contribution in [2.24, 2.45) is 0 Å². The van der Waals surface area contributed by atoms with Crippen LogP contribution in [-0.4, -0.2) is 59.2 Å². The average Bonchev–Trinajstić information content (AvgIpc) is 3.15. The summed E-state index contributed by atoms with van der Waals surface area (Å²) in [6.45, 7) is 9.50. The fraction of sp³-hybridized carbons (Fsp3) is 0.706. The minimum atomic E-state index is -0.466. The maximum atomic E-state index is 11.4. The number of halogens is 1. The van der Waals surface area contributed by atoms with Crippen LogP contribution in [-0.2, 0) is 14.1 Å². The summed E-state index contributed by atoms with van der Waals surface area (Å²) in [6, 6.07) is 0.185. The van der Waals surface area contributed by atoms with Gasteiger partial charge in [0.2, 0.25) is 11.9 Å². The number of hydrogen-bond donors (Lipinski definition) is 1. The molecular weight excluding hydrogens is 354 g/mol. The zero-order chi connectivity index (χ0) is 18.9. The Morgan fingerprint density at radius 3 is 2.50 bits per heavy atom. The van der Waals surface area contributed by atoms with Crippen molar-refractivity contribution in [1.29, 1.82) is 0 Å². The van der Waals surface area contributed by atoms with E-state index in [-0.39, 0.29) is 17.8 Å². The molecule has 9 heteroatoms. The van der Waals surface area contributed by atoms with Crippen LogP contribution in [0.3, 0.4) is 0 Å². The molecule has 0 spiro atoms. The fourth-order valence-corrected chi connectivity index (χ4v) is 3.26. The van der Waals surface area contributed by atoms with Gasteiger partial charge < -0.3 is 19.5 Å². The number of aromatic nitrogens is 2. The molecular formula is C17H26BClN4O3. The molecule has 3 rings (SSSR count). The number of alkyl halides is 1. The number of nitrogens with one attached hydrogen (secondary N) is 1. The number of amides is 1. The molecule has 0 radical (unpaired) electrons. The summed E-state index contributed by atoms with van der Waals surface area (Å²) in [6.07, 6.45) is 5.56. The number of anilines is 1. The van der Waals surface area contributed by atoms with E-state index in [0.29, 0.717) is 12.5 Å². The standard InChI is InChI=1S/C17H26BClN4O3/c1-16(2)17(3,4)26-18(25-16)12-9-21-15(22-10-12)23-7-5-6-13(23)11-20-14(24)8-19/h9-10,13H,5-8,11H2,1-4H3,(H,20,24). The number of carbonyl (C=O) groups is 1. The lowest BCUT2D eigenvalue weighted by Crippen LogP contribution is -2.42. The topological polar surface area (TPSA) is 76.6 Å². The van der Waals surface area contributed by atoms with Gasteiger partial charge in [-0.15, -0.1) is 11.6 Å². The molecule has 1 unspecified atom stereocenters. The molecule has 1 atom stereocenters. The van der Waals surface area contributed by atoms with Gasteiger partial charge in [-0.2, -0.15) is 0 Å². The number of hydrogen-bond acceptors (Lipinski definition) is 6. The Kier molecular flexibility index (Phi) is 5.46. The van der Waals surface area contributed by atoms with Gasteiger partial charge >= 0.3 is 7.12 Å². The van der Waals surface area contributed by atoms with Gasteiger partial charge in [-0.1, -0.05) is 0 Å². The molecule has 0 saturated carbocycles. The molecule has 2 fully saturated rings. The predicted molar refractivity (Wildman–Crippen MR) is 102 cm³/mol. The van der Waals surface area contributed by atoms with Gasteiger partial charge in [0.1, 0.15) is 5.88 Å². The van der Waals surface area contributed by atoms with E-state index in [9.17, 15) is 4.79 Å². The smallest absolute Gasteiger partial charge is 0.399 e. The lowest BCUT2D eigenvalue weighted by atomic mass is 9.81. The molecule has 1 amide bonds. The van der Waals surface area contributed by atoms with Crippen LogP contribution in [0.2, 0.25) is 0 Å². The third-order valence-corrected chi connectivity index (χ3v) is 5.72. The molecule has 142 valence electrons. The first kappa shape index (κ1) is 19.4. The Labute approximate surface area is 159 Å². The first-order valence-corrected chi connectivity index (χ1v) is 9.54. The number of nitrogens with zero attached hydrogens (tertiary/aromatic N) is 3. The SMILES string of the molecule is CC1(C)OB(c2cnc(N3CCCC3CNC(=O)CCl)nc2)OC1(C)C. The van der Waals surface area contributed by atoms with E-state index in [4.69, 9.17) is 20.9 Å². The van der Waals surface area contributed by atoms with Crippen LogP contribution in [0.25, 0.3) is 0 Å². The molecule has 7 nitrogen and oxygen atoms in total. The first-order chi connectivity index (χ1) is 12.2. The molecule has 2 saturated heterocycles. The van der Waals surface area contributed by atoms with Crippen molar-refractivity contribution >= 4 is 36.0 Å². The first-order valence-electron chi connectivity index (χ1n) is 9.00. The Bertz CT molecular complexity index is 640. The second-order valence-electron chi connectivity index (χ2n) is 7.83. The summed E-state index contributed by atoms with van der Waals surface area (Å²) in [5.41, 5.74) is 0.0205. The molecule has 3 heterocycles. The Hall–Kier alpha value is -1.38. The highest BCUT2D eigenvalue weighted by molar-refractivity contribution is 6.61. The molecule has 1 aromatic heterocycles. The van der Waals surface area contributed by atoms with Gasteiger partial charge in [0.15, 0.2) is 0 Å². The summed E-state index contributed by atoms with van der Waals surface area (Å²) in [5.74, 6) is 0.481. The summed E-state index contributed by atoms with van der Waals surface area (Å²) in [5, 5.41) is 2.84. The molecule has 0 aromatic carbocycles. The van der Waals surface area contributed by atoms with Crippen LogP contribution in [0.1, 0.15) is 40.5 Å². The Morgan fingerprint density at radius 2 is 1.92 bits per heavy atom. The molecule has 2 aliphatic rings. The zero-order valence-electron chi connectivity index (χ0n) is 15.8. The molecule has 1 aromatic rings. The Balaban J connectivity index is 1.67. The number of rotatable bonds is 5. The molecule has 1 N–H and O–H groups in total.